The molecule has 1 amide bonds. The van der Waals surface area contributed by atoms with E-state index in [2.05, 4.69) is 0 Å². The Hall–Kier alpha value is -3.77. The van der Waals surface area contributed by atoms with Gasteiger partial charge in [-0.3, -0.25) is 14.5 Å². The standard InChI is InChI=1S/C28H27ClN2O4/c1-16-14-21(27(35-5)22(29)15-16)25(32)23-24(20-9-7-6-8-17(20)2)31(28(34)26(23)33)19-12-10-18(11-13-19)30(3)4/h6-15,24,32H,1-5H3/b25-23+. The van der Waals surface area contributed by atoms with Crippen molar-refractivity contribution in [1.82, 2.24) is 0 Å². The molecule has 0 radical (unpaired) electrons. The van der Waals surface area contributed by atoms with E-state index < -0.39 is 17.7 Å². The van der Waals surface area contributed by atoms with E-state index in [4.69, 9.17) is 16.3 Å². The normalized spacial score (nSPS) is 17.1. The first kappa shape index (κ1) is 24.4. The lowest BCUT2D eigenvalue weighted by molar-refractivity contribution is -0.132. The summed E-state index contributed by atoms with van der Waals surface area (Å²) in [6.45, 7) is 3.74. The van der Waals surface area contributed by atoms with Crippen molar-refractivity contribution in [1.29, 1.82) is 0 Å². The number of nitrogens with zero attached hydrogens (tertiary/aromatic N) is 2. The van der Waals surface area contributed by atoms with Gasteiger partial charge in [-0.1, -0.05) is 35.9 Å². The topological polar surface area (TPSA) is 70.1 Å². The SMILES string of the molecule is COc1c(Cl)cc(C)cc1/C(O)=C1\C(=O)C(=O)N(c2ccc(N(C)C)cc2)C1c1ccccc1C. The van der Waals surface area contributed by atoms with Crippen molar-refractivity contribution in [3.05, 3.63) is 93.5 Å². The van der Waals surface area contributed by atoms with Crippen LogP contribution in [0.5, 0.6) is 5.75 Å². The number of Topliss-reactive ketones (excluding diaryl/α,β-unsaturated/α-hetero) is 1. The second-order valence-corrected chi connectivity index (χ2v) is 9.17. The number of benzene rings is 3. The number of ether oxygens (including phenoxy) is 1. The van der Waals surface area contributed by atoms with E-state index in [1.807, 2.05) is 69.2 Å². The fourth-order valence-corrected chi connectivity index (χ4v) is 4.81. The largest absolute Gasteiger partial charge is 0.507 e. The molecular weight excluding hydrogens is 464 g/mol. The molecule has 1 unspecified atom stereocenters. The molecule has 0 aliphatic carbocycles. The van der Waals surface area contributed by atoms with Crippen molar-refractivity contribution < 1.29 is 19.4 Å². The summed E-state index contributed by atoms with van der Waals surface area (Å²) >= 11 is 6.37. The number of carbonyl (C=O) groups is 2. The monoisotopic (exact) mass is 490 g/mol. The van der Waals surface area contributed by atoms with Crippen LogP contribution in [0, 0.1) is 13.8 Å². The summed E-state index contributed by atoms with van der Waals surface area (Å²) in [5.41, 5.74) is 4.16. The summed E-state index contributed by atoms with van der Waals surface area (Å²) in [6.07, 6.45) is 0. The number of aryl methyl sites for hydroxylation is 2. The quantitative estimate of drug-likeness (QED) is 0.284. The lowest BCUT2D eigenvalue weighted by atomic mass is 9.92. The van der Waals surface area contributed by atoms with Crippen LogP contribution in [-0.2, 0) is 9.59 Å². The van der Waals surface area contributed by atoms with Gasteiger partial charge in [0.15, 0.2) is 0 Å². The zero-order valence-corrected chi connectivity index (χ0v) is 21.1. The van der Waals surface area contributed by atoms with Crippen molar-refractivity contribution in [3.8, 4) is 5.75 Å². The van der Waals surface area contributed by atoms with Crippen molar-refractivity contribution in [2.75, 3.05) is 31.0 Å². The first-order valence-electron chi connectivity index (χ1n) is 11.1. The average molecular weight is 491 g/mol. The van der Waals surface area contributed by atoms with Crippen LogP contribution in [0.25, 0.3) is 5.76 Å². The van der Waals surface area contributed by atoms with Crippen LogP contribution in [0.2, 0.25) is 5.02 Å². The zero-order valence-electron chi connectivity index (χ0n) is 20.3. The minimum absolute atomic E-state index is 0.0130. The molecule has 1 heterocycles. The molecule has 1 aliphatic rings. The van der Waals surface area contributed by atoms with Gasteiger partial charge < -0.3 is 14.7 Å². The number of halogens is 1. The molecule has 1 N–H and O–H groups in total. The second kappa shape index (κ2) is 9.47. The highest BCUT2D eigenvalue weighted by atomic mass is 35.5. The third-order valence-electron chi connectivity index (χ3n) is 6.22. The molecule has 0 aromatic heterocycles. The molecule has 1 atom stereocenters. The van der Waals surface area contributed by atoms with Gasteiger partial charge >= 0.3 is 0 Å². The minimum atomic E-state index is -0.828. The smallest absolute Gasteiger partial charge is 0.300 e. The number of amides is 1. The van der Waals surface area contributed by atoms with Gasteiger partial charge in [0, 0.05) is 25.5 Å². The Bertz CT molecular complexity index is 1350. The third-order valence-corrected chi connectivity index (χ3v) is 6.50. The van der Waals surface area contributed by atoms with Gasteiger partial charge in [0.1, 0.15) is 11.5 Å². The highest BCUT2D eigenvalue weighted by Crippen LogP contribution is 2.45. The van der Waals surface area contributed by atoms with E-state index in [9.17, 15) is 14.7 Å². The molecule has 0 bridgehead atoms. The number of ketones is 1. The molecule has 0 spiro atoms. The maximum atomic E-state index is 13.5. The fraction of sp³-hybridized carbons (Fsp3) is 0.214. The van der Waals surface area contributed by atoms with Gasteiger partial charge in [-0.05, 0) is 66.9 Å². The van der Waals surface area contributed by atoms with Crippen molar-refractivity contribution >= 4 is 40.4 Å². The van der Waals surface area contributed by atoms with E-state index in [1.165, 1.54) is 12.0 Å². The lowest BCUT2D eigenvalue weighted by Gasteiger charge is -2.27. The molecule has 0 saturated carbocycles. The van der Waals surface area contributed by atoms with Gasteiger partial charge in [0.2, 0.25) is 0 Å². The predicted molar refractivity (Wildman–Crippen MR) is 139 cm³/mol. The van der Waals surface area contributed by atoms with E-state index >= 15 is 0 Å². The van der Waals surface area contributed by atoms with Crippen LogP contribution >= 0.6 is 11.6 Å². The van der Waals surface area contributed by atoms with Crippen LogP contribution in [0.1, 0.15) is 28.3 Å². The van der Waals surface area contributed by atoms with Crippen molar-refractivity contribution in [2.24, 2.45) is 0 Å². The number of carbonyl (C=O) groups excluding carboxylic acids is 2. The predicted octanol–water partition coefficient (Wildman–Crippen LogP) is 5.66. The molecule has 4 rings (SSSR count). The molecule has 180 valence electrons. The molecule has 6 nitrogen and oxygen atoms in total. The summed E-state index contributed by atoms with van der Waals surface area (Å²) in [6, 6.07) is 17.4. The average Bonchev–Trinajstić information content (AvgIpc) is 3.08. The molecule has 1 aliphatic heterocycles. The fourth-order valence-electron chi connectivity index (χ4n) is 4.46. The maximum Gasteiger partial charge on any atom is 0.300 e. The molecule has 3 aromatic carbocycles. The molecule has 35 heavy (non-hydrogen) atoms. The number of aliphatic hydroxyl groups excluding tert-OH is 1. The summed E-state index contributed by atoms with van der Waals surface area (Å²) in [5, 5.41) is 11.8. The Morgan fingerprint density at radius 3 is 2.29 bits per heavy atom. The van der Waals surface area contributed by atoms with E-state index in [-0.39, 0.29) is 22.6 Å². The Labute approximate surface area is 210 Å². The molecule has 7 heteroatoms. The summed E-state index contributed by atoms with van der Waals surface area (Å²) in [4.78, 5) is 30.3. The number of anilines is 2. The van der Waals surface area contributed by atoms with Gasteiger partial charge in [0.25, 0.3) is 11.7 Å². The van der Waals surface area contributed by atoms with Gasteiger partial charge in [-0.2, -0.15) is 0 Å². The van der Waals surface area contributed by atoms with E-state index in [0.29, 0.717) is 10.7 Å². The van der Waals surface area contributed by atoms with Crippen LogP contribution < -0.4 is 14.5 Å². The van der Waals surface area contributed by atoms with Crippen molar-refractivity contribution in [3.63, 3.8) is 0 Å². The first-order valence-corrected chi connectivity index (χ1v) is 11.5. The molecule has 1 saturated heterocycles. The summed E-state index contributed by atoms with van der Waals surface area (Å²) in [5.74, 6) is -1.58. The van der Waals surface area contributed by atoms with Gasteiger partial charge in [-0.25, -0.2) is 0 Å². The lowest BCUT2D eigenvalue weighted by Crippen LogP contribution is -2.29. The Morgan fingerprint density at radius 1 is 1.03 bits per heavy atom. The van der Waals surface area contributed by atoms with Crippen LogP contribution in [-0.4, -0.2) is 38.0 Å². The second-order valence-electron chi connectivity index (χ2n) is 8.76. The number of hydrogen-bond acceptors (Lipinski definition) is 5. The number of hydrogen-bond donors (Lipinski definition) is 1. The van der Waals surface area contributed by atoms with E-state index in [1.54, 1.807) is 24.3 Å². The number of aliphatic hydroxyl groups is 1. The Balaban J connectivity index is 1.99. The third kappa shape index (κ3) is 4.26. The molecular formula is C28H27ClN2O4. The number of methoxy groups -OCH3 is 1. The van der Waals surface area contributed by atoms with E-state index in [0.717, 1.165) is 22.4 Å². The minimum Gasteiger partial charge on any atom is -0.507 e. The van der Waals surface area contributed by atoms with Gasteiger partial charge in [-0.15, -0.1) is 0 Å². The highest BCUT2D eigenvalue weighted by molar-refractivity contribution is 6.51. The Kier molecular flexibility index (Phi) is 6.59. The summed E-state index contributed by atoms with van der Waals surface area (Å²) < 4.78 is 5.45. The Morgan fingerprint density at radius 2 is 1.69 bits per heavy atom. The van der Waals surface area contributed by atoms with Crippen molar-refractivity contribution in [2.45, 2.75) is 19.9 Å². The molecule has 3 aromatic rings. The zero-order chi connectivity index (χ0) is 25.4. The summed E-state index contributed by atoms with van der Waals surface area (Å²) in [7, 11) is 5.29. The van der Waals surface area contributed by atoms with Crippen LogP contribution in [0.3, 0.4) is 0 Å². The van der Waals surface area contributed by atoms with Gasteiger partial charge in [0.05, 0.1) is 29.3 Å². The highest BCUT2D eigenvalue weighted by Gasteiger charge is 2.47. The van der Waals surface area contributed by atoms with Crippen LogP contribution in [0.15, 0.2) is 66.2 Å². The maximum absolute atomic E-state index is 13.5. The number of rotatable bonds is 5. The van der Waals surface area contributed by atoms with Crippen LogP contribution in [0.4, 0.5) is 11.4 Å². The molecule has 1 fully saturated rings. The first-order chi connectivity index (χ1) is 16.6.